The third kappa shape index (κ3) is 7.13. The van der Waals surface area contributed by atoms with Crippen LogP contribution in [0.15, 0.2) is 48.5 Å². The fourth-order valence-electron chi connectivity index (χ4n) is 10.2. The van der Waals surface area contributed by atoms with Gasteiger partial charge in [0, 0.05) is 100 Å². The standard InChI is InChI=1S/C44H45ClF2N8O5/c1-26-21-44(25-54(26)29-4-5-35(48-2)32(45)18-29)9-11-51(12-10-44)36-6-3-28(17-33(36)46)41(58)52-15-13-50(14-16-52)22-27-23-53(24-27)38-20-31-30(19-34(38)47)42(59)55(43(31)60)37-7-8-39(56)49-40(37)57/h3-6,17-20,26-27,37H,7-16,21-25H2,1H3,(H,49,56,57)/t26-,37?/m0/s1. The second-order valence-corrected chi connectivity index (χ2v) is 17.6. The van der Waals surface area contributed by atoms with Crippen LogP contribution in [-0.2, 0) is 9.59 Å². The summed E-state index contributed by atoms with van der Waals surface area (Å²) < 4.78 is 31.0. The Kier molecular flexibility index (Phi) is 10.3. The van der Waals surface area contributed by atoms with Crippen molar-refractivity contribution in [1.82, 2.24) is 20.0 Å². The number of fused-ring (bicyclic) bond motifs is 1. The van der Waals surface area contributed by atoms with Gasteiger partial charge in [-0.05, 0) is 80.5 Å². The normalized spacial score (nSPS) is 23.3. The summed E-state index contributed by atoms with van der Waals surface area (Å²) in [5, 5.41) is 2.62. The van der Waals surface area contributed by atoms with Crippen molar-refractivity contribution in [2.24, 2.45) is 11.3 Å². The molecule has 13 nitrogen and oxygen atoms in total. The molecule has 0 aliphatic carbocycles. The Hall–Kier alpha value is -5.59. The highest BCUT2D eigenvalue weighted by Gasteiger charge is 2.47. The van der Waals surface area contributed by atoms with Crippen LogP contribution in [0, 0.1) is 29.5 Å². The molecule has 312 valence electrons. The van der Waals surface area contributed by atoms with Crippen molar-refractivity contribution < 1.29 is 32.8 Å². The molecule has 6 heterocycles. The summed E-state index contributed by atoms with van der Waals surface area (Å²) >= 11 is 6.36. The number of benzene rings is 3. The number of rotatable bonds is 7. The molecular formula is C44H45ClF2N8O5. The third-order valence-electron chi connectivity index (χ3n) is 13.5. The van der Waals surface area contributed by atoms with E-state index < -0.39 is 41.3 Å². The smallest absolute Gasteiger partial charge is 0.262 e. The zero-order valence-corrected chi connectivity index (χ0v) is 34.0. The van der Waals surface area contributed by atoms with E-state index >= 15 is 8.78 Å². The lowest BCUT2D eigenvalue weighted by atomic mass is 9.76. The molecule has 0 aromatic heterocycles. The number of amides is 5. The van der Waals surface area contributed by atoms with Gasteiger partial charge in [0.15, 0.2) is 0 Å². The van der Waals surface area contributed by atoms with E-state index in [-0.39, 0.29) is 46.9 Å². The van der Waals surface area contributed by atoms with Gasteiger partial charge in [0.1, 0.15) is 17.7 Å². The molecule has 1 unspecified atom stereocenters. The van der Waals surface area contributed by atoms with E-state index in [1.807, 2.05) is 17.0 Å². The Balaban J connectivity index is 0.743. The molecule has 5 amide bonds. The largest absolute Gasteiger partial charge is 0.369 e. The second-order valence-electron chi connectivity index (χ2n) is 17.2. The average molecular weight is 839 g/mol. The summed E-state index contributed by atoms with van der Waals surface area (Å²) in [6.45, 7) is 16.0. The van der Waals surface area contributed by atoms with Crippen LogP contribution in [0.1, 0.15) is 70.1 Å². The minimum absolute atomic E-state index is 0.000184. The first kappa shape index (κ1) is 39.8. The van der Waals surface area contributed by atoms with E-state index in [4.69, 9.17) is 18.2 Å². The number of nitrogens with zero attached hydrogens (tertiary/aromatic N) is 7. The molecule has 3 aromatic carbocycles. The Morgan fingerprint density at radius 1 is 0.883 bits per heavy atom. The van der Waals surface area contributed by atoms with Crippen molar-refractivity contribution in [3.8, 4) is 0 Å². The van der Waals surface area contributed by atoms with Gasteiger partial charge in [-0.3, -0.25) is 39.1 Å². The number of halogens is 3. The van der Waals surface area contributed by atoms with Crippen molar-refractivity contribution in [3.05, 3.63) is 93.3 Å². The molecule has 5 saturated heterocycles. The number of hydrogen-bond acceptors (Lipinski definition) is 9. The minimum Gasteiger partial charge on any atom is -0.369 e. The van der Waals surface area contributed by atoms with Crippen LogP contribution in [0.25, 0.3) is 4.85 Å². The number of imide groups is 2. The van der Waals surface area contributed by atoms with Gasteiger partial charge in [-0.15, -0.1) is 0 Å². The van der Waals surface area contributed by atoms with Crippen LogP contribution >= 0.6 is 11.6 Å². The topological polar surface area (TPSA) is 121 Å². The maximum absolute atomic E-state index is 15.7. The van der Waals surface area contributed by atoms with Gasteiger partial charge in [0.25, 0.3) is 17.7 Å². The molecule has 0 bridgehead atoms. The van der Waals surface area contributed by atoms with Crippen LogP contribution in [0.3, 0.4) is 0 Å². The van der Waals surface area contributed by atoms with Gasteiger partial charge in [-0.2, -0.15) is 0 Å². The van der Waals surface area contributed by atoms with Crippen molar-refractivity contribution >= 4 is 63.9 Å². The lowest BCUT2D eigenvalue weighted by molar-refractivity contribution is -0.136. The van der Waals surface area contributed by atoms with Crippen LogP contribution in [0.2, 0.25) is 5.02 Å². The zero-order valence-electron chi connectivity index (χ0n) is 33.3. The van der Waals surface area contributed by atoms with Crippen LogP contribution in [0.5, 0.6) is 0 Å². The first-order valence-corrected chi connectivity index (χ1v) is 21.0. The molecule has 2 atom stereocenters. The first-order valence-electron chi connectivity index (χ1n) is 20.6. The third-order valence-corrected chi connectivity index (χ3v) is 13.8. The Labute approximate surface area is 351 Å². The molecule has 6 aliphatic heterocycles. The van der Waals surface area contributed by atoms with Crippen molar-refractivity contribution in [3.63, 3.8) is 0 Å². The monoisotopic (exact) mass is 838 g/mol. The van der Waals surface area contributed by atoms with E-state index in [0.29, 0.717) is 67.3 Å². The molecule has 1 N–H and O–H groups in total. The number of piperidine rings is 2. The first-order chi connectivity index (χ1) is 28.8. The van der Waals surface area contributed by atoms with Gasteiger partial charge in [0.05, 0.1) is 29.1 Å². The Morgan fingerprint density at radius 3 is 2.25 bits per heavy atom. The maximum Gasteiger partial charge on any atom is 0.262 e. The molecule has 16 heteroatoms. The highest BCUT2D eigenvalue weighted by Crippen LogP contribution is 2.46. The predicted molar refractivity (Wildman–Crippen MR) is 221 cm³/mol. The number of carbonyl (C=O) groups is 5. The summed E-state index contributed by atoms with van der Waals surface area (Å²) in [5.74, 6) is -3.61. The van der Waals surface area contributed by atoms with Gasteiger partial charge in [-0.1, -0.05) is 17.7 Å². The molecule has 3 aromatic rings. The number of carbonyl (C=O) groups excluding carboxylic acids is 5. The molecule has 0 radical (unpaired) electrons. The number of hydrogen-bond donors (Lipinski definition) is 1. The lowest BCUT2D eigenvalue weighted by Gasteiger charge is -2.45. The van der Waals surface area contributed by atoms with E-state index in [9.17, 15) is 24.0 Å². The molecule has 9 rings (SSSR count). The van der Waals surface area contributed by atoms with Crippen molar-refractivity contribution in [2.45, 2.75) is 51.1 Å². The predicted octanol–water partition coefficient (Wildman–Crippen LogP) is 5.35. The molecule has 5 fully saturated rings. The minimum atomic E-state index is -1.12. The van der Waals surface area contributed by atoms with Gasteiger partial charge >= 0.3 is 0 Å². The maximum atomic E-state index is 15.7. The summed E-state index contributed by atoms with van der Waals surface area (Å²) in [6.07, 6.45) is 2.90. The number of anilines is 3. The summed E-state index contributed by atoms with van der Waals surface area (Å²) in [5.41, 5.74) is 2.59. The summed E-state index contributed by atoms with van der Waals surface area (Å²) in [7, 11) is 0. The highest BCUT2D eigenvalue weighted by molar-refractivity contribution is 6.33. The van der Waals surface area contributed by atoms with Crippen LogP contribution < -0.4 is 20.0 Å². The van der Waals surface area contributed by atoms with Crippen LogP contribution in [-0.4, -0.2) is 122 Å². The molecular weight excluding hydrogens is 794 g/mol. The van der Waals surface area contributed by atoms with Crippen molar-refractivity contribution in [2.75, 3.05) is 80.1 Å². The number of piperazine rings is 1. The fourth-order valence-corrected chi connectivity index (χ4v) is 10.4. The van der Waals surface area contributed by atoms with Crippen molar-refractivity contribution in [1.29, 1.82) is 0 Å². The van der Waals surface area contributed by atoms with E-state index in [1.165, 1.54) is 12.1 Å². The van der Waals surface area contributed by atoms with Gasteiger partial charge < -0.3 is 19.6 Å². The second kappa shape index (κ2) is 15.5. The lowest BCUT2D eigenvalue weighted by Crippen LogP contribution is -2.55. The van der Waals surface area contributed by atoms with Gasteiger partial charge in [0.2, 0.25) is 17.5 Å². The fraction of sp³-hybridized carbons (Fsp3) is 0.455. The zero-order chi connectivity index (χ0) is 42.0. The summed E-state index contributed by atoms with van der Waals surface area (Å²) in [4.78, 5) is 78.4. The molecule has 6 aliphatic rings. The Morgan fingerprint density at radius 2 is 1.58 bits per heavy atom. The highest BCUT2D eigenvalue weighted by atomic mass is 35.5. The van der Waals surface area contributed by atoms with E-state index in [2.05, 4.69) is 31.8 Å². The molecule has 60 heavy (non-hydrogen) atoms. The quantitative estimate of drug-likeness (QED) is 0.248. The number of nitrogens with one attached hydrogen (secondary N) is 1. The van der Waals surface area contributed by atoms with Gasteiger partial charge in [-0.25, -0.2) is 13.6 Å². The van der Waals surface area contributed by atoms with Crippen LogP contribution in [0.4, 0.5) is 31.5 Å². The molecule has 0 saturated carbocycles. The van der Waals surface area contributed by atoms with E-state index in [1.54, 1.807) is 23.1 Å². The SMILES string of the molecule is [C-]#[N+]c1ccc(N2CC3(CCN(c4ccc(C(=O)N5CCN(CC6CN(c7cc8c(cc7F)C(=O)N(C7CCC(=O)NC7=O)C8=O)C6)CC5)cc4F)CC3)C[C@@H]2C)cc1Cl. The summed E-state index contributed by atoms with van der Waals surface area (Å²) in [6, 6.07) is 12.1. The van der Waals surface area contributed by atoms with E-state index in [0.717, 1.165) is 62.1 Å². The molecule has 1 spiro atoms. The average Bonchev–Trinajstić information content (AvgIpc) is 3.66. The Bertz CT molecular complexity index is 2350.